The van der Waals surface area contributed by atoms with Crippen LogP contribution < -0.4 is 15.2 Å². The Morgan fingerprint density at radius 3 is 2.64 bits per heavy atom. The number of nitrogens with one attached hydrogen (secondary N) is 1. The molecule has 0 atom stereocenters. The standard InChI is InChI=1S/C19H16ClN3O4S/c20-14-4-1-5-16(10-14)27-17-7-6-15(11-18(17)28(21,25)26)23-19(24)9-13-3-2-8-22-12-13/h1-8,10-12H,9H2,(H,23,24)(H2,21,25,26). The molecule has 0 spiro atoms. The second kappa shape index (κ2) is 8.39. The van der Waals surface area contributed by atoms with Crippen molar-refractivity contribution in [3.05, 3.63) is 77.6 Å². The van der Waals surface area contributed by atoms with E-state index in [0.29, 0.717) is 10.8 Å². The lowest BCUT2D eigenvalue weighted by Crippen LogP contribution is -2.17. The summed E-state index contributed by atoms with van der Waals surface area (Å²) in [6, 6.07) is 14.2. The van der Waals surface area contributed by atoms with Gasteiger partial charge in [-0.25, -0.2) is 13.6 Å². The van der Waals surface area contributed by atoms with Crippen molar-refractivity contribution in [3.63, 3.8) is 0 Å². The summed E-state index contributed by atoms with van der Waals surface area (Å²) in [5, 5.41) is 8.39. The normalized spacial score (nSPS) is 11.1. The van der Waals surface area contributed by atoms with Gasteiger partial charge in [0.15, 0.2) is 0 Å². The zero-order valence-electron chi connectivity index (χ0n) is 14.5. The van der Waals surface area contributed by atoms with E-state index in [4.69, 9.17) is 21.5 Å². The second-order valence-corrected chi connectivity index (χ2v) is 7.82. The zero-order chi connectivity index (χ0) is 20.1. The number of hydrogen-bond donors (Lipinski definition) is 2. The van der Waals surface area contributed by atoms with Crippen molar-refractivity contribution in [3.8, 4) is 11.5 Å². The predicted molar refractivity (Wildman–Crippen MR) is 106 cm³/mol. The third-order valence-electron chi connectivity index (χ3n) is 3.65. The Kier molecular flexibility index (Phi) is 5.93. The van der Waals surface area contributed by atoms with E-state index in [2.05, 4.69) is 10.3 Å². The molecule has 2 aromatic carbocycles. The molecule has 3 rings (SSSR count). The monoisotopic (exact) mass is 417 g/mol. The zero-order valence-corrected chi connectivity index (χ0v) is 16.1. The molecule has 0 radical (unpaired) electrons. The fourth-order valence-corrected chi connectivity index (χ4v) is 3.30. The summed E-state index contributed by atoms with van der Waals surface area (Å²) in [6.45, 7) is 0. The van der Waals surface area contributed by atoms with Crippen LogP contribution in [0.25, 0.3) is 0 Å². The Morgan fingerprint density at radius 1 is 1.14 bits per heavy atom. The molecule has 144 valence electrons. The average molecular weight is 418 g/mol. The van der Waals surface area contributed by atoms with Crippen molar-refractivity contribution in [1.29, 1.82) is 0 Å². The molecule has 0 saturated carbocycles. The fourth-order valence-electron chi connectivity index (χ4n) is 2.44. The molecule has 28 heavy (non-hydrogen) atoms. The number of amides is 1. The third kappa shape index (κ3) is 5.29. The molecule has 0 aliphatic heterocycles. The number of ether oxygens (including phenoxy) is 1. The maximum absolute atomic E-state index is 12.2. The Labute approximate surface area is 167 Å². The molecule has 0 fully saturated rings. The van der Waals surface area contributed by atoms with E-state index in [-0.39, 0.29) is 28.7 Å². The smallest absolute Gasteiger partial charge is 0.241 e. The van der Waals surface area contributed by atoms with E-state index in [0.717, 1.165) is 5.56 Å². The van der Waals surface area contributed by atoms with E-state index in [1.165, 1.54) is 24.3 Å². The lowest BCUT2D eigenvalue weighted by Gasteiger charge is -2.12. The number of benzene rings is 2. The van der Waals surface area contributed by atoms with Crippen molar-refractivity contribution in [1.82, 2.24) is 4.98 Å². The van der Waals surface area contributed by atoms with Gasteiger partial charge in [0, 0.05) is 23.1 Å². The van der Waals surface area contributed by atoms with Gasteiger partial charge in [0.25, 0.3) is 0 Å². The van der Waals surface area contributed by atoms with Gasteiger partial charge in [0.05, 0.1) is 6.42 Å². The number of pyridine rings is 1. The number of halogens is 1. The minimum Gasteiger partial charge on any atom is -0.456 e. The molecule has 1 amide bonds. The first-order valence-electron chi connectivity index (χ1n) is 8.10. The Morgan fingerprint density at radius 2 is 1.96 bits per heavy atom. The second-order valence-electron chi connectivity index (χ2n) is 5.85. The summed E-state index contributed by atoms with van der Waals surface area (Å²) >= 11 is 5.91. The number of primary sulfonamides is 1. The van der Waals surface area contributed by atoms with Crippen LogP contribution >= 0.6 is 11.6 Å². The van der Waals surface area contributed by atoms with Gasteiger partial charge >= 0.3 is 0 Å². The van der Waals surface area contributed by atoms with Crippen molar-refractivity contribution in [2.24, 2.45) is 5.14 Å². The van der Waals surface area contributed by atoms with Crippen LogP contribution in [-0.2, 0) is 21.2 Å². The molecule has 7 nitrogen and oxygen atoms in total. The molecule has 0 bridgehead atoms. The van der Waals surface area contributed by atoms with Crippen molar-refractivity contribution in [2.45, 2.75) is 11.3 Å². The molecular weight excluding hydrogens is 402 g/mol. The van der Waals surface area contributed by atoms with Crippen molar-refractivity contribution >= 4 is 33.2 Å². The first kappa shape index (κ1) is 19.8. The van der Waals surface area contributed by atoms with Gasteiger partial charge in [-0.3, -0.25) is 9.78 Å². The first-order chi connectivity index (χ1) is 13.3. The Bertz CT molecular complexity index is 1110. The van der Waals surface area contributed by atoms with Gasteiger partial charge in [-0.15, -0.1) is 0 Å². The molecule has 0 aliphatic carbocycles. The molecule has 0 saturated heterocycles. The average Bonchev–Trinajstić information content (AvgIpc) is 2.63. The van der Waals surface area contributed by atoms with Crippen LogP contribution in [0.15, 0.2) is 71.9 Å². The van der Waals surface area contributed by atoms with E-state index in [1.54, 1.807) is 42.7 Å². The highest BCUT2D eigenvalue weighted by Crippen LogP contribution is 2.31. The molecule has 0 unspecified atom stereocenters. The predicted octanol–water partition coefficient (Wildman–Crippen LogP) is 3.36. The van der Waals surface area contributed by atoms with E-state index in [1.807, 2.05) is 0 Å². The fraction of sp³-hybridized carbons (Fsp3) is 0.0526. The summed E-state index contributed by atoms with van der Waals surface area (Å²) in [5.74, 6) is 0.0534. The van der Waals surface area contributed by atoms with Crippen LogP contribution in [0.5, 0.6) is 11.5 Å². The number of nitrogens with two attached hydrogens (primary N) is 1. The van der Waals surface area contributed by atoms with Crippen LogP contribution in [0, 0.1) is 0 Å². The topological polar surface area (TPSA) is 111 Å². The summed E-state index contributed by atoms with van der Waals surface area (Å²) in [4.78, 5) is 15.9. The maximum Gasteiger partial charge on any atom is 0.241 e. The number of nitrogens with zero attached hydrogens (tertiary/aromatic N) is 1. The molecule has 9 heteroatoms. The lowest BCUT2D eigenvalue weighted by molar-refractivity contribution is -0.115. The number of sulfonamides is 1. The molecule has 3 aromatic rings. The molecule has 1 heterocycles. The minimum absolute atomic E-state index is 0.0232. The molecule has 1 aromatic heterocycles. The number of hydrogen-bond acceptors (Lipinski definition) is 5. The summed E-state index contributed by atoms with van der Waals surface area (Å²) in [6.07, 6.45) is 3.29. The lowest BCUT2D eigenvalue weighted by atomic mass is 10.2. The minimum atomic E-state index is -4.10. The number of aromatic nitrogens is 1. The van der Waals surface area contributed by atoms with Gasteiger partial charge < -0.3 is 10.1 Å². The van der Waals surface area contributed by atoms with Crippen molar-refractivity contribution < 1.29 is 17.9 Å². The van der Waals surface area contributed by atoms with Gasteiger partial charge in [-0.1, -0.05) is 23.7 Å². The van der Waals surface area contributed by atoms with E-state index >= 15 is 0 Å². The largest absolute Gasteiger partial charge is 0.456 e. The van der Waals surface area contributed by atoms with Crippen LogP contribution in [0.1, 0.15) is 5.56 Å². The Hall–Kier alpha value is -2.94. The van der Waals surface area contributed by atoms with Crippen LogP contribution in [-0.4, -0.2) is 19.3 Å². The number of anilines is 1. The van der Waals surface area contributed by atoms with Crippen LogP contribution in [0.4, 0.5) is 5.69 Å². The third-order valence-corrected chi connectivity index (χ3v) is 4.81. The van der Waals surface area contributed by atoms with Crippen molar-refractivity contribution in [2.75, 3.05) is 5.32 Å². The van der Waals surface area contributed by atoms with Gasteiger partial charge in [0.1, 0.15) is 16.4 Å². The van der Waals surface area contributed by atoms with E-state index in [9.17, 15) is 13.2 Å². The Balaban J connectivity index is 1.83. The SMILES string of the molecule is NS(=O)(=O)c1cc(NC(=O)Cc2cccnc2)ccc1Oc1cccc(Cl)c1. The first-order valence-corrected chi connectivity index (χ1v) is 10.0. The van der Waals surface area contributed by atoms with Crippen LogP contribution in [0.2, 0.25) is 5.02 Å². The highest BCUT2D eigenvalue weighted by Gasteiger charge is 2.18. The van der Waals surface area contributed by atoms with Crippen LogP contribution in [0.3, 0.4) is 0 Å². The van der Waals surface area contributed by atoms with Gasteiger partial charge in [0.2, 0.25) is 15.9 Å². The molecule has 0 aliphatic rings. The highest BCUT2D eigenvalue weighted by atomic mass is 35.5. The molecular formula is C19H16ClN3O4S. The number of carbonyl (C=O) groups excluding carboxylic acids is 1. The number of carbonyl (C=O) groups is 1. The van der Waals surface area contributed by atoms with Gasteiger partial charge in [-0.05, 0) is 48.0 Å². The summed E-state index contributed by atoms with van der Waals surface area (Å²) in [7, 11) is -4.10. The maximum atomic E-state index is 12.2. The highest BCUT2D eigenvalue weighted by molar-refractivity contribution is 7.89. The van der Waals surface area contributed by atoms with E-state index < -0.39 is 10.0 Å². The number of rotatable bonds is 6. The quantitative estimate of drug-likeness (QED) is 0.638. The summed E-state index contributed by atoms with van der Waals surface area (Å²) in [5.41, 5.74) is 1.00. The summed E-state index contributed by atoms with van der Waals surface area (Å²) < 4.78 is 29.6. The molecule has 3 N–H and O–H groups in total. The van der Waals surface area contributed by atoms with Gasteiger partial charge in [-0.2, -0.15) is 0 Å².